The molecule has 0 spiro atoms. The number of benzene rings is 1. The molecule has 0 atom stereocenters. The minimum absolute atomic E-state index is 0.181. The molecule has 130 valence electrons. The molecule has 0 radical (unpaired) electrons. The first-order valence-corrected chi connectivity index (χ1v) is 8.24. The van der Waals surface area contributed by atoms with Crippen molar-refractivity contribution in [3.05, 3.63) is 71.8 Å². The number of hydrogen-bond acceptors (Lipinski definition) is 4. The van der Waals surface area contributed by atoms with Crippen LogP contribution in [0.1, 0.15) is 25.0 Å². The quantitative estimate of drug-likeness (QED) is 0.708. The van der Waals surface area contributed by atoms with E-state index in [0.717, 1.165) is 11.1 Å². The van der Waals surface area contributed by atoms with Crippen molar-refractivity contribution in [3.63, 3.8) is 0 Å². The summed E-state index contributed by atoms with van der Waals surface area (Å²) < 4.78 is 13.1. The van der Waals surface area contributed by atoms with Gasteiger partial charge in [-0.15, -0.1) is 16.6 Å². The number of nitrogens with one attached hydrogen (secondary N) is 1. The van der Waals surface area contributed by atoms with E-state index in [1.54, 1.807) is 24.5 Å². The number of terminal acetylenes is 1. The third-order valence-electron chi connectivity index (χ3n) is 4.20. The summed E-state index contributed by atoms with van der Waals surface area (Å²) in [5.74, 6) is 3.00. The predicted octanol–water partition coefficient (Wildman–Crippen LogP) is 4.05. The van der Waals surface area contributed by atoms with Gasteiger partial charge in [0.15, 0.2) is 0 Å². The van der Waals surface area contributed by atoms with Gasteiger partial charge in [0.2, 0.25) is 0 Å². The molecule has 5 heteroatoms. The zero-order chi connectivity index (χ0) is 18.6. The zero-order valence-corrected chi connectivity index (χ0v) is 14.7. The van der Waals surface area contributed by atoms with Crippen LogP contribution in [0.15, 0.2) is 54.9 Å². The molecule has 1 aromatic carbocycles. The van der Waals surface area contributed by atoms with Crippen molar-refractivity contribution < 1.29 is 4.39 Å². The predicted molar refractivity (Wildman–Crippen MR) is 101 cm³/mol. The van der Waals surface area contributed by atoms with Crippen LogP contribution in [0.25, 0.3) is 11.3 Å². The summed E-state index contributed by atoms with van der Waals surface area (Å²) in [5.41, 5.74) is 3.10. The van der Waals surface area contributed by atoms with Gasteiger partial charge in [0.05, 0.1) is 5.69 Å². The summed E-state index contributed by atoms with van der Waals surface area (Å²) in [4.78, 5) is 4.11. The van der Waals surface area contributed by atoms with Crippen LogP contribution in [0.4, 0.5) is 10.2 Å². The topological polar surface area (TPSA) is 50.7 Å². The molecule has 0 amide bonds. The van der Waals surface area contributed by atoms with Gasteiger partial charge in [0.1, 0.15) is 11.6 Å². The standard InChI is InChI=1S/C21H19FN4/c1-4-15-11-16(13-23-12-15)19-9-10-20(26-25-19)24-14-21(2,3)17-5-7-18(22)8-6-17/h1,5-13H,14H2,2-3H3,(H,24,26). The van der Waals surface area contributed by atoms with E-state index in [-0.39, 0.29) is 11.2 Å². The number of halogens is 1. The first kappa shape index (κ1) is 17.6. The summed E-state index contributed by atoms with van der Waals surface area (Å²) in [6.07, 6.45) is 8.73. The number of anilines is 1. The van der Waals surface area contributed by atoms with Gasteiger partial charge in [-0.3, -0.25) is 4.98 Å². The third kappa shape index (κ3) is 4.04. The number of rotatable bonds is 5. The van der Waals surface area contributed by atoms with Gasteiger partial charge < -0.3 is 5.32 Å². The summed E-state index contributed by atoms with van der Waals surface area (Å²) >= 11 is 0. The Morgan fingerprint density at radius 2 is 1.85 bits per heavy atom. The summed E-state index contributed by atoms with van der Waals surface area (Å²) in [7, 11) is 0. The average molecular weight is 346 g/mol. The summed E-state index contributed by atoms with van der Waals surface area (Å²) in [6, 6.07) is 12.1. The van der Waals surface area contributed by atoms with Gasteiger partial charge in [0.25, 0.3) is 0 Å². The molecule has 3 rings (SSSR count). The first-order chi connectivity index (χ1) is 12.5. The number of pyridine rings is 1. The second-order valence-corrected chi connectivity index (χ2v) is 6.65. The lowest BCUT2D eigenvalue weighted by Crippen LogP contribution is -2.28. The van der Waals surface area contributed by atoms with Crippen LogP contribution in [0.3, 0.4) is 0 Å². The largest absolute Gasteiger partial charge is 0.368 e. The van der Waals surface area contributed by atoms with Gasteiger partial charge >= 0.3 is 0 Å². The molecular formula is C21H19FN4. The van der Waals surface area contributed by atoms with Gasteiger partial charge in [-0.2, -0.15) is 0 Å². The van der Waals surface area contributed by atoms with E-state index >= 15 is 0 Å². The first-order valence-electron chi connectivity index (χ1n) is 8.24. The molecule has 2 aromatic heterocycles. The van der Waals surface area contributed by atoms with Crippen molar-refractivity contribution in [1.82, 2.24) is 15.2 Å². The molecule has 0 saturated carbocycles. The minimum atomic E-state index is -0.234. The SMILES string of the molecule is C#Cc1cncc(-c2ccc(NCC(C)(C)c3ccc(F)cc3)nn2)c1. The fourth-order valence-corrected chi connectivity index (χ4v) is 2.55. The molecule has 0 fully saturated rings. The lowest BCUT2D eigenvalue weighted by atomic mass is 9.84. The van der Waals surface area contributed by atoms with Gasteiger partial charge in [-0.25, -0.2) is 4.39 Å². The van der Waals surface area contributed by atoms with Crippen molar-refractivity contribution in [2.24, 2.45) is 0 Å². The number of hydrogen-bond donors (Lipinski definition) is 1. The van der Waals surface area contributed by atoms with Crippen LogP contribution in [0.5, 0.6) is 0 Å². The maximum Gasteiger partial charge on any atom is 0.148 e. The molecule has 26 heavy (non-hydrogen) atoms. The normalized spacial score (nSPS) is 11.0. The minimum Gasteiger partial charge on any atom is -0.368 e. The van der Waals surface area contributed by atoms with Crippen LogP contribution in [0, 0.1) is 18.2 Å². The molecule has 0 unspecified atom stereocenters. The maximum atomic E-state index is 13.1. The summed E-state index contributed by atoms with van der Waals surface area (Å²) in [6.45, 7) is 4.82. The van der Waals surface area contributed by atoms with Crippen LogP contribution >= 0.6 is 0 Å². The molecule has 3 aromatic rings. The molecule has 2 heterocycles. The maximum absolute atomic E-state index is 13.1. The Morgan fingerprint density at radius 1 is 1.08 bits per heavy atom. The lowest BCUT2D eigenvalue weighted by molar-refractivity contribution is 0.552. The van der Waals surface area contributed by atoms with Crippen molar-refractivity contribution in [2.75, 3.05) is 11.9 Å². The number of aromatic nitrogens is 3. The Balaban J connectivity index is 1.69. The van der Waals surface area contributed by atoms with Crippen LogP contribution < -0.4 is 5.32 Å². The van der Waals surface area contributed by atoms with Crippen LogP contribution in [-0.4, -0.2) is 21.7 Å². The van der Waals surface area contributed by atoms with Gasteiger partial charge in [-0.1, -0.05) is 31.9 Å². The van der Waals surface area contributed by atoms with E-state index in [9.17, 15) is 4.39 Å². The van der Waals surface area contributed by atoms with Crippen LogP contribution in [-0.2, 0) is 5.41 Å². The van der Waals surface area contributed by atoms with E-state index in [1.807, 2.05) is 18.2 Å². The van der Waals surface area contributed by atoms with E-state index in [4.69, 9.17) is 6.42 Å². The van der Waals surface area contributed by atoms with Crippen molar-refractivity contribution in [3.8, 4) is 23.6 Å². The van der Waals surface area contributed by atoms with Crippen molar-refractivity contribution >= 4 is 5.82 Å². The molecule has 0 aliphatic carbocycles. The average Bonchev–Trinajstić information content (AvgIpc) is 2.67. The number of nitrogens with zero attached hydrogens (tertiary/aromatic N) is 3. The van der Waals surface area contributed by atoms with Crippen LogP contribution in [0.2, 0.25) is 0 Å². The van der Waals surface area contributed by atoms with E-state index < -0.39 is 0 Å². The van der Waals surface area contributed by atoms with E-state index in [2.05, 4.69) is 40.3 Å². The Kier molecular flexibility index (Phi) is 4.94. The molecule has 4 nitrogen and oxygen atoms in total. The molecule has 0 aliphatic rings. The van der Waals surface area contributed by atoms with Crippen molar-refractivity contribution in [1.29, 1.82) is 0 Å². The molecule has 0 bridgehead atoms. The molecule has 0 saturated heterocycles. The second-order valence-electron chi connectivity index (χ2n) is 6.65. The fraction of sp³-hybridized carbons (Fsp3) is 0.190. The third-order valence-corrected chi connectivity index (χ3v) is 4.20. The Morgan fingerprint density at radius 3 is 2.50 bits per heavy atom. The molecule has 1 N–H and O–H groups in total. The summed E-state index contributed by atoms with van der Waals surface area (Å²) in [5, 5.41) is 11.7. The smallest absolute Gasteiger partial charge is 0.148 e. The van der Waals surface area contributed by atoms with E-state index in [0.29, 0.717) is 23.6 Å². The fourth-order valence-electron chi connectivity index (χ4n) is 2.55. The van der Waals surface area contributed by atoms with Gasteiger partial charge in [-0.05, 0) is 35.9 Å². The molecule has 0 aliphatic heterocycles. The van der Waals surface area contributed by atoms with Crippen molar-refractivity contribution in [2.45, 2.75) is 19.3 Å². The highest BCUT2D eigenvalue weighted by molar-refractivity contribution is 5.60. The second kappa shape index (κ2) is 7.32. The Hall–Kier alpha value is -3.26. The zero-order valence-electron chi connectivity index (χ0n) is 14.7. The highest BCUT2D eigenvalue weighted by atomic mass is 19.1. The lowest BCUT2D eigenvalue weighted by Gasteiger charge is -2.25. The Labute approximate surface area is 152 Å². The van der Waals surface area contributed by atoms with E-state index in [1.165, 1.54) is 12.1 Å². The van der Waals surface area contributed by atoms with Gasteiger partial charge in [0, 0.05) is 35.5 Å². The monoisotopic (exact) mass is 346 g/mol. The molecular weight excluding hydrogens is 327 g/mol. The highest BCUT2D eigenvalue weighted by Gasteiger charge is 2.20. The highest BCUT2D eigenvalue weighted by Crippen LogP contribution is 2.24. The Bertz CT molecular complexity index is 925.